The van der Waals surface area contributed by atoms with Crippen molar-refractivity contribution in [3.8, 4) is 11.4 Å². The minimum atomic E-state index is -4.66. The normalized spacial score (nSPS) is 20.5. The van der Waals surface area contributed by atoms with E-state index in [1.807, 2.05) is 0 Å². The molecule has 6 rings (SSSR count). The van der Waals surface area contributed by atoms with Gasteiger partial charge in [0.05, 0.1) is 28.8 Å². The van der Waals surface area contributed by atoms with Crippen LogP contribution in [0, 0.1) is 6.92 Å². The lowest BCUT2D eigenvalue weighted by Gasteiger charge is -2.47. The summed E-state index contributed by atoms with van der Waals surface area (Å²) in [6.07, 6.45) is 0.770. The van der Waals surface area contributed by atoms with Crippen molar-refractivity contribution in [2.75, 3.05) is 13.1 Å². The number of ether oxygens (including phenoxy) is 2. The number of rotatable bonds is 2. The first-order chi connectivity index (χ1) is 16.7. The molecule has 0 bridgehead atoms. The summed E-state index contributed by atoms with van der Waals surface area (Å²) in [5, 5.41) is -0.437. The van der Waals surface area contributed by atoms with Gasteiger partial charge < -0.3 is 9.47 Å². The van der Waals surface area contributed by atoms with Crippen molar-refractivity contribution in [1.82, 2.24) is 14.5 Å². The number of nitrogens with zero attached hydrogens (tertiary/aromatic N) is 3. The molecule has 1 saturated carbocycles. The van der Waals surface area contributed by atoms with Crippen LogP contribution in [-0.4, -0.2) is 39.4 Å². The van der Waals surface area contributed by atoms with Crippen LogP contribution in [0.5, 0.6) is 5.75 Å². The molecule has 0 N–H and O–H groups in total. The fourth-order valence-corrected chi connectivity index (χ4v) is 5.47. The highest BCUT2D eigenvalue weighted by Crippen LogP contribution is 2.40. The Bertz CT molecular complexity index is 1360. The van der Waals surface area contributed by atoms with Crippen molar-refractivity contribution >= 4 is 10.9 Å². The van der Waals surface area contributed by atoms with E-state index in [0.717, 1.165) is 37.6 Å². The molecular weight excluding hydrogens is 459 g/mol. The molecule has 1 aromatic heterocycles. The summed E-state index contributed by atoms with van der Waals surface area (Å²) in [7, 11) is 0. The molecule has 1 spiro atoms. The minimum Gasteiger partial charge on any atom is -0.462 e. The van der Waals surface area contributed by atoms with Gasteiger partial charge >= 0.3 is 6.18 Å². The number of hydrogen-bond donors (Lipinski definition) is 0. The summed E-state index contributed by atoms with van der Waals surface area (Å²) in [5.74, 6) is 0.347. The van der Waals surface area contributed by atoms with Gasteiger partial charge in [-0.25, -0.2) is 4.98 Å². The Labute approximate surface area is 200 Å². The Morgan fingerprint density at radius 1 is 1.11 bits per heavy atom. The Morgan fingerprint density at radius 3 is 2.57 bits per heavy atom. The maximum atomic E-state index is 13.6. The molecule has 0 amide bonds. The molecule has 2 aliphatic heterocycles. The number of alkyl halides is 3. The van der Waals surface area contributed by atoms with Crippen LogP contribution in [0.4, 0.5) is 13.2 Å². The number of fused-ring (bicyclic) bond motifs is 2. The number of hydrogen-bond acceptors (Lipinski definition) is 5. The van der Waals surface area contributed by atoms with Crippen molar-refractivity contribution in [2.24, 2.45) is 0 Å². The highest BCUT2D eigenvalue weighted by molar-refractivity contribution is 5.82. The van der Waals surface area contributed by atoms with E-state index in [0.29, 0.717) is 29.9 Å². The summed E-state index contributed by atoms with van der Waals surface area (Å²) in [6.45, 7) is 3.81. The van der Waals surface area contributed by atoms with Crippen LogP contribution in [0.15, 0.2) is 41.2 Å². The van der Waals surface area contributed by atoms with Crippen molar-refractivity contribution in [2.45, 2.75) is 63.6 Å². The first-order valence-corrected chi connectivity index (χ1v) is 12.0. The lowest BCUT2D eigenvalue weighted by atomic mass is 9.89. The molecule has 3 aromatic rings. The number of piperidine rings is 1. The number of aromatic nitrogens is 2. The molecule has 0 radical (unpaired) electrons. The fraction of sp³-hybridized carbons (Fsp3) is 0.462. The van der Waals surface area contributed by atoms with E-state index in [-0.39, 0.29) is 5.52 Å². The third-order valence-corrected chi connectivity index (χ3v) is 7.61. The van der Waals surface area contributed by atoms with E-state index in [2.05, 4.69) is 9.88 Å². The molecule has 1 aliphatic carbocycles. The second-order valence-electron chi connectivity index (χ2n) is 9.71. The first-order valence-electron chi connectivity index (χ1n) is 12.0. The first kappa shape index (κ1) is 22.5. The van der Waals surface area contributed by atoms with Gasteiger partial charge in [-0.15, -0.1) is 0 Å². The van der Waals surface area contributed by atoms with E-state index in [1.165, 1.54) is 36.0 Å². The van der Waals surface area contributed by atoms with Crippen molar-refractivity contribution in [1.29, 1.82) is 0 Å². The summed E-state index contributed by atoms with van der Waals surface area (Å²) < 4.78 is 54.6. The summed E-state index contributed by atoms with van der Waals surface area (Å²) in [5.41, 5.74) is -0.525. The number of likely N-dealkylation sites (tertiary alicyclic amines) is 1. The van der Waals surface area contributed by atoms with Crippen LogP contribution in [-0.2, 0) is 17.5 Å². The Hall–Kier alpha value is -2.91. The van der Waals surface area contributed by atoms with Crippen LogP contribution in [0.3, 0.4) is 0 Å². The van der Waals surface area contributed by atoms with E-state index < -0.39 is 28.5 Å². The van der Waals surface area contributed by atoms with Gasteiger partial charge in [0.25, 0.3) is 5.56 Å². The van der Waals surface area contributed by atoms with Crippen LogP contribution >= 0.6 is 0 Å². The molecule has 3 aliphatic rings. The molecule has 0 unspecified atom stereocenters. The molecular formula is C26H26F3N3O3. The zero-order valence-corrected chi connectivity index (χ0v) is 19.4. The molecule has 1 saturated heterocycles. The monoisotopic (exact) mass is 485 g/mol. The molecule has 2 fully saturated rings. The van der Waals surface area contributed by atoms with Gasteiger partial charge in [-0.2, -0.15) is 13.2 Å². The maximum Gasteiger partial charge on any atom is 0.417 e. The van der Waals surface area contributed by atoms with Gasteiger partial charge in [0.1, 0.15) is 11.6 Å². The predicted molar refractivity (Wildman–Crippen MR) is 124 cm³/mol. The molecule has 2 aromatic carbocycles. The average Bonchev–Trinajstić information content (AvgIpc) is 2.78. The molecule has 9 heteroatoms. The molecule has 0 atom stereocenters. The topological polar surface area (TPSA) is 56.6 Å². The van der Waals surface area contributed by atoms with Gasteiger partial charge in [0.2, 0.25) is 5.79 Å². The zero-order chi connectivity index (χ0) is 24.4. The summed E-state index contributed by atoms with van der Waals surface area (Å²) in [6, 6.07) is 9.51. The quantitative estimate of drug-likeness (QED) is 0.513. The molecule has 6 nitrogen and oxygen atoms in total. The standard InChI is InChI=1S/C26H26F3N3O3/c1-16-30-21-7-3-6-20(26(27,28)29)23(21)24(33)32(16)19-8-9-22-17(14-19)15-34-25(35-22)10-12-31(13-11-25)18-4-2-5-18/h3,6-9,14,18H,2,4-5,10-13,15H2,1H3. The van der Waals surface area contributed by atoms with E-state index in [1.54, 1.807) is 25.1 Å². The second kappa shape index (κ2) is 8.06. The van der Waals surface area contributed by atoms with Crippen LogP contribution in [0.2, 0.25) is 0 Å². The molecule has 184 valence electrons. The van der Waals surface area contributed by atoms with Crippen LogP contribution < -0.4 is 10.3 Å². The summed E-state index contributed by atoms with van der Waals surface area (Å²) in [4.78, 5) is 20.1. The fourth-order valence-electron chi connectivity index (χ4n) is 5.47. The second-order valence-corrected chi connectivity index (χ2v) is 9.71. The Kier molecular flexibility index (Phi) is 5.19. The van der Waals surface area contributed by atoms with Gasteiger partial charge in [-0.05, 0) is 50.1 Å². The largest absolute Gasteiger partial charge is 0.462 e. The predicted octanol–water partition coefficient (Wildman–Crippen LogP) is 4.97. The van der Waals surface area contributed by atoms with Gasteiger partial charge in [0, 0.05) is 37.5 Å². The van der Waals surface area contributed by atoms with Crippen molar-refractivity contribution in [3.63, 3.8) is 0 Å². The number of aryl methyl sites for hydroxylation is 1. The zero-order valence-electron chi connectivity index (χ0n) is 19.4. The SMILES string of the molecule is Cc1nc2cccc(C(F)(F)F)c2c(=O)n1-c1ccc2c(c1)COC1(CCN(C3CCC3)CC1)O2. The molecule has 3 heterocycles. The van der Waals surface area contributed by atoms with Gasteiger partial charge in [0.15, 0.2) is 0 Å². The van der Waals surface area contributed by atoms with Crippen molar-refractivity contribution in [3.05, 3.63) is 63.7 Å². The maximum absolute atomic E-state index is 13.6. The molecule has 35 heavy (non-hydrogen) atoms. The smallest absolute Gasteiger partial charge is 0.417 e. The van der Waals surface area contributed by atoms with Crippen molar-refractivity contribution < 1.29 is 22.6 Å². The van der Waals surface area contributed by atoms with E-state index >= 15 is 0 Å². The minimum absolute atomic E-state index is 0.0263. The highest BCUT2D eigenvalue weighted by Gasteiger charge is 2.43. The van der Waals surface area contributed by atoms with E-state index in [4.69, 9.17) is 9.47 Å². The Morgan fingerprint density at radius 2 is 1.89 bits per heavy atom. The summed E-state index contributed by atoms with van der Waals surface area (Å²) >= 11 is 0. The highest BCUT2D eigenvalue weighted by atomic mass is 19.4. The number of benzene rings is 2. The lowest BCUT2D eigenvalue weighted by molar-refractivity contribution is -0.231. The average molecular weight is 486 g/mol. The Balaban J connectivity index is 1.32. The lowest BCUT2D eigenvalue weighted by Crippen LogP contribution is -2.54. The van der Waals surface area contributed by atoms with Gasteiger partial charge in [-0.1, -0.05) is 12.5 Å². The van der Waals surface area contributed by atoms with Crippen LogP contribution in [0.25, 0.3) is 16.6 Å². The number of halogens is 3. The van der Waals surface area contributed by atoms with E-state index in [9.17, 15) is 18.0 Å². The third kappa shape index (κ3) is 3.81. The van der Waals surface area contributed by atoms with Gasteiger partial charge in [-0.3, -0.25) is 14.3 Å². The van der Waals surface area contributed by atoms with Crippen LogP contribution in [0.1, 0.15) is 49.1 Å². The third-order valence-electron chi connectivity index (χ3n) is 7.61.